The largest absolute Gasteiger partial charge is 0.493 e. The van der Waals surface area contributed by atoms with Crippen LogP contribution in [0.5, 0.6) is 11.5 Å². The molecule has 2 atom stereocenters. The van der Waals surface area contributed by atoms with Gasteiger partial charge in [-0.1, -0.05) is 11.6 Å². The molecule has 0 spiro atoms. The monoisotopic (exact) mass is 611 g/mol. The van der Waals surface area contributed by atoms with Crippen LogP contribution >= 0.6 is 11.6 Å². The smallest absolute Gasteiger partial charge is 0.424 e. The van der Waals surface area contributed by atoms with Crippen LogP contribution in [0.1, 0.15) is 41.4 Å². The lowest BCUT2D eigenvalue weighted by Crippen LogP contribution is -2.52. The summed E-state index contributed by atoms with van der Waals surface area (Å²) in [4.78, 5) is 17.0. The summed E-state index contributed by atoms with van der Waals surface area (Å²) in [5.41, 5.74) is 0.756. The van der Waals surface area contributed by atoms with E-state index in [1.54, 1.807) is 0 Å². The second-order valence-corrected chi connectivity index (χ2v) is 10.7. The summed E-state index contributed by atoms with van der Waals surface area (Å²) in [7, 11) is 2.74. The number of amides is 1. The van der Waals surface area contributed by atoms with Crippen LogP contribution in [-0.4, -0.2) is 55.6 Å². The third-order valence-corrected chi connectivity index (χ3v) is 7.08. The van der Waals surface area contributed by atoms with Crippen LogP contribution < -0.4 is 20.5 Å². The number of nitrogens with two attached hydrogens (primary N) is 1. The summed E-state index contributed by atoms with van der Waals surface area (Å²) < 4.78 is 73.6. The highest BCUT2D eigenvalue weighted by molar-refractivity contribution is 6.31. The number of ether oxygens (including phenoxy) is 3. The van der Waals surface area contributed by atoms with E-state index in [0.717, 1.165) is 25.0 Å². The van der Waals surface area contributed by atoms with Crippen LogP contribution in [0.25, 0.3) is 11.3 Å². The van der Waals surface area contributed by atoms with E-state index < -0.39 is 41.3 Å². The van der Waals surface area contributed by atoms with Gasteiger partial charge in [0, 0.05) is 18.2 Å². The van der Waals surface area contributed by atoms with Gasteiger partial charge in [-0.2, -0.15) is 13.2 Å². The minimum atomic E-state index is -5.30. The Labute approximate surface area is 244 Å². The lowest BCUT2D eigenvalue weighted by atomic mass is 9.88. The molecule has 1 saturated carbocycles. The zero-order valence-electron chi connectivity index (χ0n) is 23.0. The van der Waals surface area contributed by atoms with Gasteiger partial charge in [0.25, 0.3) is 5.91 Å². The molecule has 1 heterocycles. The maximum atomic E-state index is 14.6. The number of pyridine rings is 1. The zero-order chi connectivity index (χ0) is 30.9. The fourth-order valence-corrected chi connectivity index (χ4v) is 4.36. The number of alkyl halides is 3. The highest BCUT2D eigenvalue weighted by Gasteiger charge is 2.56. The molecule has 2 unspecified atom stereocenters. The minimum Gasteiger partial charge on any atom is -0.493 e. The van der Waals surface area contributed by atoms with E-state index in [0.29, 0.717) is 5.75 Å². The van der Waals surface area contributed by atoms with Crippen molar-refractivity contribution in [2.24, 2.45) is 5.73 Å². The van der Waals surface area contributed by atoms with Gasteiger partial charge in [0.05, 0.1) is 48.3 Å². The van der Waals surface area contributed by atoms with Crippen LogP contribution in [-0.2, 0) is 15.9 Å². The predicted octanol–water partition coefficient (Wildman–Crippen LogP) is 5.09. The summed E-state index contributed by atoms with van der Waals surface area (Å²) in [6, 6.07) is 10.1. The van der Waals surface area contributed by atoms with Crippen molar-refractivity contribution >= 4 is 17.5 Å². The lowest BCUT2D eigenvalue weighted by Gasteiger charge is -2.32. The Morgan fingerprint density at radius 2 is 1.83 bits per heavy atom. The van der Waals surface area contributed by atoms with E-state index >= 15 is 0 Å². The normalized spacial score (nSPS) is 16.3. The van der Waals surface area contributed by atoms with E-state index in [9.17, 15) is 27.5 Å². The second kappa shape index (κ2) is 12.0. The van der Waals surface area contributed by atoms with E-state index in [1.807, 2.05) is 0 Å². The maximum Gasteiger partial charge on any atom is 0.424 e. The molecule has 1 aromatic heterocycles. The number of aliphatic hydroxyl groups is 1. The maximum absolute atomic E-state index is 14.6. The van der Waals surface area contributed by atoms with Gasteiger partial charge in [0.1, 0.15) is 5.82 Å². The summed E-state index contributed by atoms with van der Waals surface area (Å²) in [5, 5.41) is 13.0. The van der Waals surface area contributed by atoms with Gasteiger partial charge < -0.3 is 30.4 Å². The third-order valence-electron chi connectivity index (χ3n) is 6.79. The number of rotatable bonds is 11. The van der Waals surface area contributed by atoms with Gasteiger partial charge in [0.2, 0.25) is 5.60 Å². The van der Waals surface area contributed by atoms with Crippen LogP contribution in [0.3, 0.4) is 0 Å². The van der Waals surface area contributed by atoms with Crippen molar-refractivity contribution in [3.05, 3.63) is 76.2 Å². The summed E-state index contributed by atoms with van der Waals surface area (Å²) >= 11 is 5.91. The number of halogens is 5. The number of carbonyl (C=O) groups excluding carboxylic acids is 1. The molecule has 226 valence electrons. The van der Waals surface area contributed by atoms with Crippen molar-refractivity contribution in [3.63, 3.8) is 0 Å². The van der Waals surface area contributed by atoms with E-state index in [1.165, 1.54) is 57.5 Å². The van der Waals surface area contributed by atoms with Gasteiger partial charge in [-0.3, -0.25) is 4.79 Å². The van der Waals surface area contributed by atoms with Crippen molar-refractivity contribution in [2.75, 3.05) is 27.4 Å². The Morgan fingerprint density at radius 1 is 1.12 bits per heavy atom. The van der Waals surface area contributed by atoms with Gasteiger partial charge >= 0.3 is 6.18 Å². The number of nitrogens with zero attached hydrogens (tertiary/aromatic N) is 1. The molecule has 1 aliphatic rings. The molecule has 0 radical (unpaired) electrons. The fraction of sp³-hybridized carbons (Fsp3) is 0.379. The molecular formula is C29H30ClF4N3O5. The highest BCUT2D eigenvalue weighted by Crippen LogP contribution is 2.40. The molecule has 13 heteroatoms. The Balaban J connectivity index is 1.72. The number of benzene rings is 2. The van der Waals surface area contributed by atoms with Crippen molar-refractivity contribution < 1.29 is 41.7 Å². The van der Waals surface area contributed by atoms with Gasteiger partial charge in [0.15, 0.2) is 11.5 Å². The molecular weight excluding hydrogens is 582 g/mol. The second-order valence-electron chi connectivity index (χ2n) is 10.3. The molecule has 2 aromatic carbocycles. The Hall–Kier alpha value is -3.45. The Bertz CT molecular complexity index is 1470. The van der Waals surface area contributed by atoms with Crippen molar-refractivity contribution in [2.45, 2.75) is 43.2 Å². The Morgan fingerprint density at radius 3 is 2.43 bits per heavy atom. The standard InChI is InChI=1S/C29H30ClF4N3O5/c1-27(35,15-40-2)18-12-22(16-4-8-21(31)20(30)10-16)37-25(13-18)28(39,29(32,33)34)14-36-26(38)17-5-9-23(24(11-17)41-3)42-19-6-7-19/h4-5,8-13,19,39H,6-7,14-15,35H2,1-3H3,(H,36,38). The third kappa shape index (κ3) is 6.78. The summed E-state index contributed by atoms with van der Waals surface area (Å²) in [6.07, 6.45) is -3.46. The SMILES string of the molecule is COCC(C)(N)c1cc(-c2ccc(F)c(Cl)c2)nc(C(O)(CNC(=O)c2ccc(OC3CC3)c(OC)c2)C(F)(F)F)c1. The highest BCUT2D eigenvalue weighted by atomic mass is 35.5. The number of nitrogens with one attached hydrogen (secondary N) is 1. The summed E-state index contributed by atoms with van der Waals surface area (Å²) in [6.45, 7) is 0.141. The van der Waals surface area contributed by atoms with Crippen LogP contribution in [0.2, 0.25) is 5.02 Å². The van der Waals surface area contributed by atoms with Crippen molar-refractivity contribution in [1.29, 1.82) is 0 Å². The first kappa shape index (κ1) is 31.5. The van der Waals surface area contributed by atoms with E-state index in [-0.39, 0.29) is 45.9 Å². The summed E-state index contributed by atoms with van der Waals surface area (Å²) in [5.74, 6) is -1.01. The number of aromatic nitrogens is 1. The van der Waals surface area contributed by atoms with Gasteiger partial charge in [-0.15, -0.1) is 0 Å². The first-order valence-corrected chi connectivity index (χ1v) is 13.2. The average Bonchev–Trinajstić information content (AvgIpc) is 3.76. The van der Waals surface area contributed by atoms with Crippen molar-refractivity contribution in [3.8, 4) is 22.8 Å². The molecule has 1 fully saturated rings. The minimum absolute atomic E-state index is 0.0162. The molecule has 0 saturated heterocycles. The van der Waals surface area contributed by atoms with E-state index in [2.05, 4.69) is 10.3 Å². The molecule has 4 N–H and O–H groups in total. The van der Waals surface area contributed by atoms with Crippen molar-refractivity contribution in [1.82, 2.24) is 10.3 Å². The van der Waals surface area contributed by atoms with Gasteiger partial charge in [-0.05, 0) is 73.9 Å². The molecule has 42 heavy (non-hydrogen) atoms. The molecule has 1 aliphatic carbocycles. The van der Waals surface area contributed by atoms with E-state index in [4.69, 9.17) is 31.5 Å². The number of carbonyl (C=O) groups is 1. The number of hydrogen-bond donors (Lipinski definition) is 3. The first-order chi connectivity index (χ1) is 19.7. The molecule has 3 aromatic rings. The average molecular weight is 612 g/mol. The number of hydrogen-bond acceptors (Lipinski definition) is 7. The predicted molar refractivity (Wildman–Crippen MR) is 147 cm³/mol. The quantitative estimate of drug-likeness (QED) is 0.259. The molecule has 4 rings (SSSR count). The number of methoxy groups -OCH3 is 2. The lowest BCUT2D eigenvalue weighted by molar-refractivity contribution is -0.265. The van der Waals surface area contributed by atoms with Crippen LogP contribution in [0, 0.1) is 5.82 Å². The van der Waals surface area contributed by atoms with Crippen LogP contribution in [0.15, 0.2) is 48.5 Å². The topological polar surface area (TPSA) is 116 Å². The van der Waals surface area contributed by atoms with Gasteiger partial charge in [-0.25, -0.2) is 9.37 Å². The molecule has 0 bridgehead atoms. The Kier molecular flexibility index (Phi) is 9.02. The molecule has 0 aliphatic heterocycles. The first-order valence-electron chi connectivity index (χ1n) is 12.9. The molecule has 8 nitrogen and oxygen atoms in total. The molecule has 1 amide bonds. The zero-order valence-corrected chi connectivity index (χ0v) is 23.8. The van der Waals surface area contributed by atoms with Crippen LogP contribution in [0.4, 0.5) is 17.6 Å². The fourth-order valence-electron chi connectivity index (χ4n) is 4.18.